The minimum Gasteiger partial charge on any atom is -0.295 e. The van der Waals surface area contributed by atoms with Crippen LogP contribution in [0.3, 0.4) is 0 Å². The first-order valence-electron chi connectivity index (χ1n) is 3.99. The molecule has 0 saturated carbocycles. The maximum absolute atomic E-state index is 11.1. The van der Waals surface area contributed by atoms with Gasteiger partial charge in [-0.05, 0) is 13.0 Å². The van der Waals surface area contributed by atoms with Crippen molar-refractivity contribution >= 4 is 16.6 Å². The molecule has 3 nitrogen and oxygen atoms in total. The first-order valence-corrected chi connectivity index (χ1v) is 3.99. The lowest BCUT2D eigenvalue weighted by Crippen LogP contribution is -1.91. The van der Waals surface area contributed by atoms with E-state index in [1.54, 1.807) is 25.4 Å². The summed E-state index contributed by atoms with van der Waals surface area (Å²) >= 11 is 0. The monoisotopic (exact) mass is 172 g/mol. The Hall–Kier alpha value is -1.77. The number of nitrogens with zero attached hydrogens (tertiary/aromatic N) is 2. The van der Waals surface area contributed by atoms with E-state index in [0.29, 0.717) is 5.56 Å². The molecule has 1 heterocycles. The van der Waals surface area contributed by atoms with Crippen LogP contribution in [-0.2, 0) is 0 Å². The van der Waals surface area contributed by atoms with Gasteiger partial charge in [-0.2, -0.15) is 10.2 Å². The highest BCUT2D eigenvalue weighted by molar-refractivity contribution is 5.98. The fraction of sp³-hybridized carbons (Fsp3) is 0.100. The molecule has 0 unspecified atom stereocenters. The van der Waals surface area contributed by atoms with Crippen LogP contribution < -0.4 is 0 Å². The van der Waals surface area contributed by atoms with Gasteiger partial charge in [0.15, 0.2) is 5.78 Å². The Labute approximate surface area is 75.4 Å². The lowest BCUT2D eigenvalue weighted by atomic mass is 10.1. The van der Waals surface area contributed by atoms with Gasteiger partial charge in [-0.3, -0.25) is 4.79 Å². The summed E-state index contributed by atoms with van der Waals surface area (Å²) in [4.78, 5) is 11.1. The first-order chi connectivity index (χ1) is 6.27. The molecule has 13 heavy (non-hydrogen) atoms. The number of hydrogen-bond acceptors (Lipinski definition) is 3. The highest BCUT2D eigenvalue weighted by atomic mass is 16.1. The number of Topliss-reactive ketones (excluding diaryl/α,β-unsaturated/α-hetero) is 1. The molecule has 3 heteroatoms. The lowest BCUT2D eigenvalue weighted by molar-refractivity contribution is 0.101. The SMILES string of the molecule is CC(=O)c1ccc2cnncc2c1. The maximum Gasteiger partial charge on any atom is 0.159 e. The van der Waals surface area contributed by atoms with Crippen molar-refractivity contribution in [2.75, 3.05) is 0 Å². The van der Waals surface area contributed by atoms with Crippen LogP contribution in [0.25, 0.3) is 10.8 Å². The molecule has 0 atom stereocenters. The molecule has 64 valence electrons. The average molecular weight is 172 g/mol. The number of rotatable bonds is 1. The summed E-state index contributed by atoms with van der Waals surface area (Å²) in [6.45, 7) is 1.55. The second kappa shape index (κ2) is 2.94. The zero-order valence-corrected chi connectivity index (χ0v) is 7.19. The third kappa shape index (κ3) is 1.40. The molecule has 0 saturated heterocycles. The Morgan fingerprint density at radius 2 is 1.85 bits per heavy atom. The number of hydrogen-bond donors (Lipinski definition) is 0. The maximum atomic E-state index is 11.1. The van der Waals surface area contributed by atoms with Crippen molar-refractivity contribution < 1.29 is 4.79 Å². The van der Waals surface area contributed by atoms with Crippen molar-refractivity contribution in [1.29, 1.82) is 0 Å². The van der Waals surface area contributed by atoms with Crippen LogP contribution in [0, 0.1) is 0 Å². The third-order valence-electron chi connectivity index (χ3n) is 1.95. The molecule has 0 aliphatic carbocycles. The fourth-order valence-electron chi connectivity index (χ4n) is 1.21. The Morgan fingerprint density at radius 1 is 1.15 bits per heavy atom. The lowest BCUT2D eigenvalue weighted by Gasteiger charge is -1.97. The minimum atomic E-state index is 0.0683. The van der Waals surface area contributed by atoms with Crippen molar-refractivity contribution in [3.05, 3.63) is 36.2 Å². The molecule has 2 aromatic rings. The summed E-state index contributed by atoms with van der Waals surface area (Å²) in [6.07, 6.45) is 3.33. The van der Waals surface area contributed by atoms with Gasteiger partial charge in [0, 0.05) is 16.3 Å². The molecule has 0 spiro atoms. The Bertz CT molecular complexity index is 465. The van der Waals surface area contributed by atoms with Gasteiger partial charge in [0.1, 0.15) is 0 Å². The van der Waals surface area contributed by atoms with E-state index < -0.39 is 0 Å². The molecule has 0 N–H and O–H groups in total. The van der Waals surface area contributed by atoms with Gasteiger partial charge in [0.05, 0.1) is 12.4 Å². The molecule has 0 bridgehead atoms. The van der Waals surface area contributed by atoms with Crippen molar-refractivity contribution in [3.8, 4) is 0 Å². The summed E-state index contributed by atoms with van der Waals surface area (Å²) in [5, 5.41) is 9.45. The van der Waals surface area contributed by atoms with Crippen molar-refractivity contribution in [2.24, 2.45) is 0 Å². The first kappa shape index (κ1) is 7.86. The summed E-state index contributed by atoms with van der Waals surface area (Å²) in [5.74, 6) is 0.0683. The number of aromatic nitrogens is 2. The zero-order chi connectivity index (χ0) is 9.26. The van der Waals surface area contributed by atoms with E-state index in [1.807, 2.05) is 12.1 Å². The van der Waals surface area contributed by atoms with E-state index in [1.165, 1.54) is 0 Å². The van der Waals surface area contributed by atoms with E-state index in [9.17, 15) is 4.79 Å². The molecule has 0 amide bonds. The second-order valence-electron chi connectivity index (χ2n) is 2.89. The van der Waals surface area contributed by atoms with Crippen molar-refractivity contribution in [2.45, 2.75) is 6.92 Å². The van der Waals surface area contributed by atoms with Crippen LogP contribution in [0.5, 0.6) is 0 Å². The van der Waals surface area contributed by atoms with Crippen LogP contribution in [0.15, 0.2) is 30.6 Å². The summed E-state index contributed by atoms with van der Waals surface area (Å²) in [7, 11) is 0. The molecule has 0 aliphatic rings. The van der Waals surface area contributed by atoms with Crippen LogP contribution >= 0.6 is 0 Å². The predicted molar refractivity (Wildman–Crippen MR) is 49.5 cm³/mol. The van der Waals surface area contributed by atoms with Crippen LogP contribution in [0.2, 0.25) is 0 Å². The van der Waals surface area contributed by atoms with Crippen molar-refractivity contribution in [1.82, 2.24) is 10.2 Å². The second-order valence-corrected chi connectivity index (χ2v) is 2.89. The average Bonchev–Trinajstić information content (AvgIpc) is 2.17. The number of ketones is 1. The summed E-state index contributed by atoms with van der Waals surface area (Å²) in [6, 6.07) is 5.50. The Balaban J connectivity index is 2.69. The normalized spacial score (nSPS) is 10.2. The summed E-state index contributed by atoms with van der Waals surface area (Å²) < 4.78 is 0. The van der Waals surface area contributed by atoms with Crippen LogP contribution in [0.1, 0.15) is 17.3 Å². The van der Waals surface area contributed by atoms with Crippen LogP contribution in [0.4, 0.5) is 0 Å². The van der Waals surface area contributed by atoms with E-state index in [0.717, 1.165) is 10.8 Å². The fourth-order valence-corrected chi connectivity index (χ4v) is 1.21. The van der Waals surface area contributed by atoms with Gasteiger partial charge >= 0.3 is 0 Å². The standard InChI is InChI=1S/C10H8N2O/c1-7(13)8-2-3-9-5-11-12-6-10(9)4-8/h2-6H,1H3. The van der Waals surface area contributed by atoms with Crippen molar-refractivity contribution in [3.63, 3.8) is 0 Å². The smallest absolute Gasteiger partial charge is 0.159 e. The highest BCUT2D eigenvalue weighted by Crippen LogP contribution is 2.13. The largest absolute Gasteiger partial charge is 0.295 e. The van der Waals surface area contributed by atoms with E-state index in [4.69, 9.17) is 0 Å². The van der Waals surface area contributed by atoms with Gasteiger partial charge in [0.25, 0.3) is 0 Å². The van der Waals surface area contributed by atoms with Crippen LogP contribution in [-0.4, -0.2) is 16.0 Å². The quantitative estimate of drug-likeness (QED) is 0.616. The highest BCUT2D eigenvalue weighted by Gasteiger charge is 2.00. The number of benzene rings is 1. The molecular weight excluding hydrogens is 164 g/mol. The van der Waals surface area contributed by atoms with E-state index in [-0.39, 0.29) is 5.78 Å². The molecule has 0 aliphatic heterocycles. The topological polar surface area (TPSA) is 42.9 Å². The van der Waals surface area contributed by atoms with Gasteiger partial charge < -0.3 is 0 Å². The number of carbonyl (C=O) groups is 1. The molecule has 0 fully saturated rings. The number of fused-ring (bicyclic) bond motifs is 1. The van der Waals surface area contributed by atoms with E-state index >= 15 is 0 Å². The van der Waals surface area contributed by atoms with E-state index in [2.05, 4.69) is 10.2 Å². The van der Waals surface area contributed by atoms with Gasteiger partial charge in [-0.25, -0.2) is 0 Å². The third-order valence-corrected chi connectivity index (χ3v) is 1.95. The van der Waals surface area contributed by atoms with Gasteiger partial charge in [-0.1, -0.05) is 12.1 Å². The summed E-state index contributed by atoms with van der Waals surface area (Å²) in [5.41, 5.74) is 0.709. The predicted octanol–water partition coefficient (Wildman–Crippen LogP) is 1.83. The molecular formula is C10H8N2O. The van der Waals surface area contributed by atoms with Gasteiger partial charge in [0.2, 0.25) is 0 Å². The number of carbonyl (C=O) groups excluding carboxylic acids is 1. The molecule has 2 rings (SSSR count). The zero-order valence-electron chi connectivity index (χ0n) is 7.19. The molecule has 0 radical (unpaired) electrons. The van der Waals surface area contributed by atoms with Gasteiger partial charge in [-0.15, -0.1) is 0 Å². The Morgan fingerprint density at radius 3 is 2.54 bits per heavy atom. The molecule has 1 aromatic carbocycles. The Kier molecular flexibility index (Phi) is 1.77. The minimum absolute atomic E-state index is 0.0683. The molecule has 1 aromatic heterocycles.